The zero-order chi connectivity index (χ0) is 20.4. The molecule has 0 radical (unpaired) electrons. The molecule has 0 saturated carbocycles. The number of allylic oxidation sites excluding steroid dienone is 4. The molecule has 0 amide bonds. The van der Waals surface area contributed by atoms with Gasteiger partial charge >= 0.3 is 5.97 Å². The van der Waals surface area contributed by atoms with Crippen molar-refractivity contribution in [3.63, 3.8) is 0 Å². The summed E-state index contributed by atoms with van der Waals surface area (Å²) in [5.41, 5.74) is 3.58. The van der Waals surface area contributed by atoms with Gasteiger partial charge in [0.15, 0.2) is 13.6 Å². The lowest BCUT2D eigenvalue weighted by Gasteiger charge is -2.20. The molecule has 27 heavy (non-hydrogen) atoms. The Labute approximate surface area is 161 Å². The van der Waals surface area contributed by atoms with E-state index in [-0.39, 0.29) is 19.1 Å². The Morgan fingerprint density at radius 1 is 0.889 bits per heavy atom. The van der Waals surface area contributed by atoms with Crippen molar-refractivity contribution in [1.82, 2.24) is 0 Å². The number of rotatable bonds is 11. The molecule has 0 aromatic heterocycles. The Hall–Kier alpha value is -2.31. The first-order chi connectivity index (χ1) is 12.8. The number of ether oxygens (including phenoxy) is 4. The van der Waals surface area contributed by atoms with Crippen molar-refractivity contribution in [2.75, 3.05) is 27.8 Å². The van der Waals surface area contributed by atoms with Gasteiger partial charge in [-0.1, -0.05) is 23.3 Å². The highest BCUT2D eigenvalue weighted by Crippen LogP contribution is 2.36. The molecule has 0 spiro atoms. The van der Waals surface area contributed by atoms with Crippen LogP contribution in [0.4, 0.5) is 0 Å². The predicted octanol–water partition coefficient (Wildman–Crippen LogP) is 4.37. The van der Waals surface area contributed by atoms with E-state index < -0.39 is 5.97 Å². The molecule has 0 atom stereocenters. The lowest BCUT2D eigenvalue weighted by atomic mass is 9.93. The Bertz CT molecular complexity index is 645. The third-order valence-electron chi connectivity index (χ3n) is 3.77. The van der Waals surface area contributed by atoms with Crippen LogP contribution in [0.25, 0.3) is 0 Å². The monoisotopic (exact) mass is 378 g/mol. The van der Waals surface area contributed by atoms with E-state index in [1.807, 2.05) is 39.8 Å². The molecule has 0 unspecified atom stereocenters. The van der Waals surface area contributed by atoms with E-state index in [9.17, 15) is 9.90 Å². The number of aromatic carboxylic acids is 1. The first-order valence-electron chi connectivity index (χ1n) is 8.74. The maximum Gasteiger partial charge on any atom is 0.336 e. The summed E-state index contributed by atoms with van der Waals surface area (Å²) in [6.45, 7) is 7.90. The van der Waals surface area contributed by atoms with Crippen LogP contribution in [-0.4, -0.2) is 38.9 Å². The zero-order valence-electron chi connectivity index (χ0n) is 17.0. The molecule has 0 aliphatic carbocycles. The molecule has 6 heteroatoms. The van der Waals surface area contributed by atoms with Crippen LogP contribution in [0.1, 0.15) is 49.2 Å². The number of benzene rings is 1. The van der Waals surface area contributed by atoms with Gasteiger partial charge in [-0.2, -0.15) is 0 Å². The van der Waals surface area contributed by atoms with E-state index in [4.69, 9.17) is 18.9 Å². The van der Waals surface area contributed by atoms with E-state index in [2.05, 4.69) is 0 Å². The van der Waals surface area contributed by atoms with Crippen LogP contribution in [-0.2, 0) is 22.3 Å². The fraction of sp³-hybridized carbons (Fsp3) is 0.476. The van der Waals surface area contributed by atoms with Crippen LogP contribution in [0.2, 0.25) is 0 Å². The van der Waals surface area contributed by atoms with Crippen molar-refractivity contribution in [3.8, 4) is 11.5 Å². The van der Waals surface area contributed by atoms with Crippen LogP contribution in [0.15, 0.2) is 29.4 Å². The quantitative estimate of drug-likeness (QED) is 0.455. The summed E-state index contributed by atoms with van der Waals surface area (Å²) >= 11 is 0. The average molecular weight is 378 g/mol. The smallest absolute Gasteiger partial charge is 0.336 e. The van der Waals surface area contributed by atoms with Gasteiger partial charge in [0, 0.05) is 31.4 Å². The van der Waals surface area contributed by atoms with Crippen LogP contribution in [0.3, 0.4) is 0 Å². The molecular formula is C21H30O6. The minimum atomic E-state index is -1.02. The number of carbonyl (C=O) groups is 1. The maximum atomic E-state index is 12.2. The summed E-state index contributed by atoms with van der Waals surface area (Å²) in [5, 5.41) is 9.96. The fourth-order valence-electron chi connectivity index (χ4n) is 2.50. The average Bonchev–Trinajstić information content (AvgIpc) is 2.60. The van der Waals surface area contributed by atoms with Crippen LogP contribution in [0, 0.1) is 0 Å². The van der Waals surface area contributed by atoms with E-state index in [1.165, 1.54) is 14.2 Å². The van der Waals surface area contributed by atoms with Crippen molar-refractivity contribution < 1.29 is 28.8 Å². The van der Waals surface area contributed by atoms with Gasteiger partial charge in [0.1, 0.15) is 11.5 Å². The van der Waals surface area contributed by atoms with E-state index in [0.717, 1.165) is 11.1 Å². The van der Waals surface area contributed by atoms with Gasteiger partial charge in [0.25, 0.3) is 0 Å². The Balaban J connectivity index is 3.66. The summed E-state index contributed by atoms with van der Waals surface area (Å²) in [4.78, 5) is 12.2. The molecular weight excluding hydrogens is 348 g/mol. The molecule has 1 rings (SSSR count). The maximum absolute atomic E-state index is 12.2. The molecule has 6 nitrogen and oxygen atoms in total. The van der Waals surface area contributed by atoms with E-state index in [1.54, 1.807) is 6.07 Å². The first kappa shape index (κ1) is 22.7. The normalized spacial score (nSPS) is 10.3. The van der Waals surface area contributed by atoms with Gasteiger partial charge in [0.05, 0.1) is 5.56 Å². The zero-order valence-corrected chi connectivity index (χ0v) is 17.0. The van der Waals surface area contributed by atoms with Crippen molar-refractivity contribution in [2.24, 2.45) is 0 Å². The lowest BCUT2D eigenvalue weighted by Crippen LogP contribution is -2.13. The Kier molecular flexibility index (Phi) is 9.61. The van der Waals surface area contributed by atoms with Crippen LogP contribution >= 0.6 is 0 Å². The second kappa shape index (κ2) is 11.4. The third kappa shape index (κ3) is 7.07. The van der Waals surface area contributed by atoms with Crippen molar-refractivity contribution >= 4 is 5.97 Å². The summed E-state index contributed by atoms with van der Waals surface area (Å²) in [7, 11) is 3.03. The minimum Gasteiger partial charge on any atom is -0.478 e. The highest BCUT2D eigenvalue weighted by molar-refractivity contribution is 5.93. The Morgan fingerprint density at radius 2 is 1.30 bits per heavy atom. The SMILES string of the molecule is COCOc1cc(OCOC)c(CC=C(C)C)c(C(=O)O)c1CC=C(C)C. The molecule has 1 aromatic carbocycles. The number of hydrogen-bond acceptors (Lipinski definition) is 5. The summed E-state index contributed by atoms with van der Waals surface area (Å²) < 4.78 is 21.3. The largest absolute Gasteiger partial charge is 0.478 e. The molecule has 0 aliphatic rings. The summed E-state index contributed by atoms with van der Waals surface area (Å²) in [6.07, 6.45) is 4.83. The molecule has 1 N–H and O–H groups in total. The summed E-state index contributed by atoms with van der Waals surface area (Å²) in [5.74, 6) is -0.160. The molecule has 0 heterocycles. The highest BCUT2D eigenvalue weighted by atomic mass is 16.7. The standard InChI is InChI=1S/C21H30O6/c1-14(2)7-9-16-18(26-12-24-5)11-19(27-13-25-6)17(10-8-15(3)4)20(16)21(22)23/h7-8,11H,9-10,12-13H2,1-6H3,(H,22,23). The molecule has 0 fully saturated rings. The first-order valence-corrected chi connectivity index (χ1v) is 8.74. The molecule has 0 bridgehead atoms. The molecule has 150 valence electrons. The van der Waals surface area contributed by atoms with Crippen LogP contribution in [0.5, 0.6) is 11.5 Å². The molecule has 0 saturated heterocycles. The topological polar surface area (TPSA) is 74.2 Å². The van der Waals surface area contributed by atoms with Crippen molar-refractivity contribution in [2.45, 2.75) is 40.5 Å². The molecule has 1 aromatic rings. The summed E-state index contributed by atoms with van der Waals surface area (Å²) in [6, 6.07) is 1.72. The van der Waals surface area contributed by atoms with Crippen molar-refractivity contribution in [3.05, 3.63) is 46.1 Å². The second-order valence-electron chi connectivity index (χ2n) is 6.58. The van der Waals surface area contributed by atoms with Gasteiger partial charge in [-0.05, 0) is 40.5 Å². The fourth-order valence-corrected chi connectivity index (χ4v) is 2.50. The third-order valence-corrected chi connectivity index (χ3v) is 3.77. The second-order valence-corrected chi connectivity index (χ2v) is 6.58. The van der Waals surface area contributed by atoms with Gasteiger partial charge in [-0.3, -0.25) is 0 Å². The van der Waals surface area contributed by atoms with Gasteiger partial charge < -0.3 is 24.1 Å². The van der Waals surface area contributed by atoms with Gasteiger partial charge in [0.2, 0.25) is 0 Å². The van der Waals surface area contributed by atoms with Crippen LogP contribution < -0.4 is 9.47 Å². The van der Waals surface area contributed by atoms with E-state index in [0.29, 0.717) is 35.5 Å². The number of carboxylic acids is 1. The lowest BCUT2D eigenvalue weighted by molar-refractivity contribution is 0.0445. The Morgan fingerprint density at radius 3 is 1.59 bits per heavy atom. The highest BCUT2D eigenvalue weighted by Gasteiger charge is 2.24. The number of methoxy groups -OCH3 is 2. The van der Waals surface area contributed by atoms with Gasteiger partial charge in [-0.15, -0.1) is 0 Å². The number of hydrogen-bond donors (Lipinski definition) is 1. The minimum absolute atomic E-state index is 0.0118. The van der Waals surface area contributed by atoms with E-state index >= 15 is 0 Å². The van der Waals surface area contributed by atoms with Gasteiger partial charge in [-0.25, -0.2) is 4.79 Å². The van der Waals surface area contributed by atoms with Crippen molar-refractivity contribution in [1.29, 1.82) is 0 Å². The predicted molar refractivity (Wildman–Crippen MR) is 105 cm³/mol. The number of carboxylic acid groups (broad SMARTS) is 1. The molecule has 0 aliphatic heterocycles.